The topological polar surface area (TPSA) is 64.6 Å². The Morgan fingerprint density at radius 3 is 2.33 bits per heavy atom. The fourth-order valence-corrected chi connectivity index (χ4v) is 0.752. The third-order valence-electron chi connectivity index (χ3n) is 1.30. The van der Waals surface area contributed by atoms with Crippen LogP contribution in [0.4, 0.5) is 4.79 Å². The average Bonchev–Trinajstić information content (AvgIpc) is 2.08. The first kappa shape index (κ1) is 13.9. The maximum atomic E-state index is 11.1. The molecule has 0 saturated heterocycles. The van der Waals surface area contributed by atoms with E-state index in [1.54, 1.807) is 27.7 Å². The van der Waals surface area contributed by atoms with Gasteiger partial charge in [-0.25, -0.2) is 4.79 Å². The van der Waals surface area contributed by atoms with Gasteiger partial charge in [0.2, 0.25) is 0 Å². The molecular weight excluding hydrogens is 198 g/mol. The lowest BCUT2D eigenvalue weighted by Crippen LogP contribution is -2.36. The summed E-state index contributed by atoms with van der Waals surface area (Å²) in [7, 11) is 0. The van der Waals surface area contributed by atoms with Crippen molar-refractivity contribution in [3.8, 4) is 0 Å². The van der Waals surface area contributed by atoms with E-state index in [0.717, 1.165) is 0 Å². The van der Waals surface area contributed by atoms with Crippen LogP contribution in [0.25, 0.3) is 0 Å². The van der Waals surface area contributed by atoms with Gasteiger partial charge < -0.3 is 14.8 Å². The Hall–Kier alpha value is -1.10. The highest BCUT2D eigenvalue weighted by Crippen LogP contribution is 2.05. The van der Waals surface area contributed by atoms with Crippen LogP contribution in [0.5, 0.6) is 0 Å². The number of carbonyl (C=O) groups is 2. The normalized spacial score (nSPS) is 10.9. The minimum atomic E-state index is -0.590. The van der Waals surface area contributed by atoms with E-state index in [2.05, 4.69) is 5.32 Å². The predicted octanol–water partition coefficient (Wildman–Crippen LogP) is 1.12. The Morgan fingerprint density at radius 1 is 1.27 bits per heavy atom. The Labute approximate surface area is 90.1 Å². The minimum Gasteiger partial charge on any atom is -0.444 e. The number of ketones is 1. The molecule has 0 rings (SSSR count). The van der Waals surface area contributed by atoms with E-state index in [9.17, 15) is 9.59 Å². The molecule has 5 heteroatoms. The standard InChI is InChI=1S/C10H19NO4/c1-5-14-7-8(12)6-11-9(13)15-10(2,3)4/h5-7H2,1-4H3,(H,11,13). The van der Waals surface area contributed by atoms with E-state index in [4.69, 9.17) is 9.47 Å². The lowest BCUT2D eigenvalue weighted by Gasteiger charge is -2.19. The molecule has 0 unspecified atom stereocenters. The van der Waals surface area contributed by atoms with Gasteiger partial charge in [0.05, 0.1) is 6.54 Å². The van der Waals surface area contributed by atoms with E-state index in [0.29, 0.717) is 6.61 Å². The summed E-state index contributed by atoms with van der Waals surface area (Å²) < 4.78 is 9.84. The molecule has 0 radical (unpaired) electrons. The summed E-state index contributed by atoms with van der Waals surface area (Å²) in [5.74, 6) is -0.178. The van der Waals surface area contributed by atoms with Crippen molar-refractivity contribution in [3.05, 3.63) is 0 Å². The summed E-state index contributed by atoms with van der Waals surface area (Å²) in [4.78, 5) is 22.2. The van der Waals surface area contributed by atoms with Crippen molar-refractivity contribution in [2.45, 2.75) is 33.3 Å². The molecule has 1 amide bonds. The first-order valence-corrected chi connectivity index (χ1v) is 4.91. The van der Waals surface area contributed by atoms with Gasteiger partial charge in [-0.05, 0) is 27.7 Å². The van der Waals surface area contributed by atoms with Crippen LogP contribution in [0.2, 0.25) is 0 Å². The first-order chi connectivity index (χ1) is 6.85. The zero-order chi connectivity index (χ0) is 11.9. The van der Waals surface area contributed by atoms with Crippen molar-refractivity contribution in [3.63, 3.8) is 0 Å². The van der Waals surface area contributed by atoms with Crippen molar-refractivity contribution < 1.29 is 19.1 Å². The van der Waals surface area contributed by atoms with Gasteiger partial charge in [0.1, 0.15) is 12.2 Å². The molecular formula is C10H19NO4. The molecule has 0 atom stereocenters. The van der Waals surface area contributed by atoms with Gasteiger partial charge in [0.15, 0.2) is 5.78 Å². The zero-order valence-corrected chi connectivity index (χ0v) is 9.75. The molecule has 0 aliphatic heterocycles. The van der Waals surface area contributed by atoms with E-state index in [1.165, 1.54) is 0 Å². The van der Waals surface area contributed by atoms with E-state index < -0.39 is 11.7 Å². The Bertz CT molecular complexity index is 220. The highest BCUT2D eigenvalue weighted by molar-refractivity contribution is 5.84. The number of ether oxygens (including phenoxy) is 2. The van der Waals surface area contributed by atoms with Gasteiger partial charge in [0.25, 0.3) is 0 Å². The van der Waals surface area contributed by atoms with Gasteiger partial charge >= 0.3 is 6.09 Å². The smallest absolute Gasteiger partial charge is 0.408 e. The van der Waals surface area contributed by atoms with Gasteiger partial charge in [-0.2, -0.15) is 0 Å². The number of rotatable bonds is 5. The number of hydrogen-bond acceptors (Lipinski definition) is 4. The highest BCUT2D eigenvalue weighted by Gasteiger charge is 2.16. The summed E-state index contributed by atoms with van der Waals surface area (Å²) in [6.45, 7) is 7.52. The maximum Gasteiger partial charge on any atom is 0.408 e. The van der Waals surface area contributed by atoms with Crippen LogP contribution in [0.15, 0.2) is 0 Å². The van der Waals surface area contributed by atoms with Crippen molar-refractivity contribution in [1.29, 1.82) is 0 Å². The van der Waals surface area contributed by atoms with Gasteiger partial charge in [-0.15, -0.1) is 0 Å². The lowest BCUT2D eigenvalue weighted by molar-refractivity contribution is -0.122. The van der Waals surface area contributed by atoms with Crippen molar-refractivity contribution in [2.75, 3.05) is 19.8 Å². The SMILES string of the molecule is CCOCC(=O)CNC(=O)OC(C)(C)C. The Kier molecular flexibility index (Phi) is 5.93. The molecule has 15 heavy (non-hydrogen) atoms. The second-order valence-corrected chi connectivity index (χ2v) is 4.03. The van der Waals surface area contributed by atoms with Crippen molar-refractivity contribution >= 4 is 11.9 Å². The Balaban J connectivity index is 3.67. The molecule has 0 aliphatic carbocycles. The Morgan fingerprint density at radius 2 is 1.87 bits per heavy atom. The van der Waals surface area contributed by atoms with Gasteiger partial charge in [-0.3, -0.25) is 4.79 Å². The molecule has 0 aromatic rings. The lowest BCUT2D eigenvalue weighted by atomic mass is 10.2. The van der Waals surface area contributed by atoms with Crippen LogP contribution in [0.3, 0.4) is 0 Å². The summed E-state index contributed by atoms with van der Waals surface area (Å²) in [6, 6.07) is 0. The molecule has 0 aromatic heterocycles. The van der Waals surface area contributed by atoms with E-state index in [1.807, 2.05) is 0 Å². The predicted molar refractivity (Wildman–Crippen MR) is 55.7 cm³/mol. The molecule has 0 fully saturated rings. The highest BCUT2D eigenvalue weighted by atomic mass is 16.6. The minimum absolute atomic E-state index is 0.0201. The summed E-state index contributed by atoms with van der Waals surface area (Å²) >= 11 is 0. The number of amides is 1. The van der Waals surface area contributed by atoms with Crippen LogP contribution in [-0.4, -0.2) is 37.2 Å². The summed E-state index contributed by atoms with van der Waals surface area (Å²) in [6.07, 6.45) is -0.590. The van der Waals surface area contributed by atoms with Crippen molar-refractivity contribution in [1.82, 2.24) is 5.32 Å². The maximum absolute atomic E-state index is 11.1. The number of alkyl carbamates (subject to hydrolysis) is 1. The molecule has 0 saturated carbocycles. The van der Waals surface area contributed by atoms with Crippen LogP contribution >= 0.6 is 0 Å². The van der Waals surface area contributed by atoms with Gasteiger partial charge in [0, 0.05) is 6.61 Å². The third-order valence-corrected chi connectivity index (χ3v) is 1.30. The quantitative estimate of drug-likeness (QED) is 0.749. The van der Waals surface area contributed by atoms with Crippen LogP contribution in [-0.2, 0) is 14.3 Å². The number of Topliss-reactive ketones (excluding diaryl/α,β-unsaturated/α-hetero) is 1. The largest absolute Gasteiger partial charge is 0.444 e. The number of hydrogen-bond donors (Lipinski definition) is 1. The van der Waals surface area contributed by atoms with E-state index >= 15 is 0 Å². The van der Waals surface area contributed by atoms with E-state index in [-0.39, 0.29) is 18.9 Å². The zero-order valence-electron chi connectivity index (χ0n) is 9.75. The van der Waals surface area contributed by atoms with Crippen LogP contribution in [0, 0.1) is 0 Å². The summed E-state index contributed by atoms with van der Waals surface area (Å²) in [5, 5.41) is 2.36. The second-order valence-electron chi connectivity index (χ2n) is 4.03. The second kappa shape index (κ2) is 6.40. The summed E-state index contributed by atoms with van der Waals surface area (Å²) in [5.41, 5.74) is -0.549. The molecule has 5 nitrogen and oxygen atoms in total. The van der Waals surface area contributed by atoms with Gasteiger partial charge in [-0.1, -0.05) is 0 Å². The first-order valence-electron chi connectivity index (χ1n) is 4.91. The molecule has 0 aliphatic rings. The molecule has 0 heterocycles. The fourth-order valence-electron chi connectivity index (χ4n) is 0.752. The third kappa shape index (κ3) is 9.21. The average molecular weight is 217 g/mol. The molecule has 0 aromatic carbocycles. The molecule has 88 valence electrons. The monoisotopic (exact) mass is 217 g/mol. The van der Waals surface area contributed by atoms with Crippen molar-refractivity contribution in [2.24, 2.45) is 0 Å². The number of carbonyl (C=O) groups excluding carboxylic acids is 2. The molecule has 1 N–H and O–H groups in total. The van der Waals surface area contributed by atoms with Crippen LogP contribution < -0.4 is 5.32 Å². The molecule has 0 spiro atoms. The number of nitrogens with one attached hydrogen (secondary N) is 1. The fraction of sp³-hybridized carbons (Fsp3) is 0.800. The molecule has 0 bridgehead atoms. The van der Waals surface area contributed by atoms with Crippen LogP contribution in [0.1, 0.15) is 27.7 Å².